The molecule has 2 heterocycles. The van der Waals surface area contributed by atoms with Gasteiger partial charge in [0.1, 0.15) is 23.1 Å². The second-order valence-electron chi connectivity index (χ2n) is 8.93. The Labute approximate surface area is 227 Å². The number of aromatic nitrogens is 2. The van der Waals surface area contributed by atoms with Gasteiger partial charge in [-0.05, 0) is 62.2 Å². The number of hydrogen-bond donors (Lipinski definition) is 0. The summed E-state index contributed by atoms with van der Waals surface area (Å²) in [5.41, 5.74) is 3.46. The first kappa shape index (κ1) is 26.9. The van der Waals surface area contributed by atoms with Crippen LogP contribution in [0.2, 0.25) is 5.02 Å². The van der Waals surface area contributed by atoms with Crippen molar-refractivity contribution in [1.82, 2.24) is 14.7 Å². The molecule has 1 aliphatic heterocycles. The Bertz CT molecular complexity index is 1460. The maximum atomic E-state index is 13.5. The lowest BCUT2D eigenvalue weighted by atomic mass is 9.93. The number of hydrogen-bond acceptors (Lipinski definition) is 5. The van der Waals surface area contributed by atoms with Gasteiger partial charge in [0.2, 0.25) is 0 Å². The number of amides is 2. The third-order valence-electron chi connectivity index (χ3n) is 6.38. The average molecular weight is 529 g/mol. The van der Waals surface area contributed by atoms with Crippen molar-refractivity contribution in [2.24, 2.45) is 0 Å². The van der Waals surface area contributed by atoms with E-state index in [1.807, 2.05) is 55.6 Å². The molecule has 0 N–H and O–H groups in total. The van der Waals surface area contributed by atoms with Gasteiger partial charge in [-0.1, -0.05) is 49.6 Å². The van der Waals surface area contributed by atoms with E-state index in [2.05, 4.69) is 6.92 Å². The molecule has 194 valence electrons. The van der Waals surface area contributed by atoms with Crippen LogP contribution in [0, 0.1) is 11.3 Å². The number of ether oxygens (including phenoxy) is 1. The van der Waals surface area contributed by atoms with Crippen LogP contribution in [0.5, 0.6) is 5.75 Å². The number of unbranched alkanes of at least 4 members (excludes halogenated alkanes) is 2. The summed E-state index contributed by atoms with van der Waals surface area (Å²) in [4.78, 5) is 27.6. The Morgan fingerprint density at radius 2 is 1.84 bits per heavy atom. The summed E-state index contributed by atoms with van der Waals surface area (Å²) >= 11 is 6.49. The van der Waals surface area contributed by atoms with Crippen LogP contribution in [0.15, 0.2) is 71.4 Å². The van der Waals surface area contributed by atoms with Crippen molar-refractivity contribution in [1.29, 1.82) is 5.26 Å². The minimum atomic E-state index is -0.540. The maximum Gasteiger partial charge on any atom is 0.271 e. The highest BCUT2D eigenvalue weighted by atomic mass is 35.5. The predicted molar refractivity (Wildman–Crippen MR) is 148 cm³/mol. The number of halogens is 1. The first-order valence-electron chi connectivity index (χ1n) is 12.7. The van der Waals surface area contributed by atoms with Gasteiger partial charge in [0, 0.05) is 29.4 Å². The van der Waals surface area contributed by atoms with Crippen LogP contribution in [0.1, 0.15) is 45.6 Å². The lowest BCUT2D eigenvalue weighted by Gasteiger charge is -2.27. The van der Waals surface area contributed by atoms with E-state index < -0.39 is 11.8 Å². The smallest absolute Gasteiger partial charge is 0.271 e. The Hall–Kier alpha value is -4.15. The average Bonchev–Trinajstić information content (AvgIpc) is 3.34. The monoisotopic (exact) mass is 528 g/mol. The zero-order chi connectivity index (χ0) is 27.2. The molecule has 1 aromatic heterocycles. The number of nitriles is 1. The van der Waals surface area contributed by atoms with Crippen LogP contribution in [0.3, 0.4) is 0 Å². The topological polar surface area (TPSA) is 88.2 Å². The zero-order valence-electron chi connectivity index (χ0n) is 21.7. The number of carbonyl (C=O) groups is 2. The summed E-state index contributed by atoms with van der Waals surface area (Å²) in [6.45, 7) is 6.33. The fourth-order valence-electron chi connectivity index (χ4n) is 4.36. The molecule has 0 atom stereocenters. The predicted octanol–water partition coefficient (Wildman–Crippen LogP) is 6.37. The van der Waals surface area contributed by atoms with Crippen LogP contribution < -0.4 is 4.74 Å². The van der Waals surface area contributed by atoms with Gasteiger partial charge in [0.15, 0.2) is 0 Å². The third kappa shape index (κ3) is 5.41. The van der Waals surface area contributed by atoms with Crippen molar-refractivity contribution >= 4 is 29.5 Å². The molecule has 0 unspecified atom stereocenters. The Balaban J connectivity index is 1.87. The van der Waals surface area contributed by atoms with Gasteiger partial charge >= 0.3 is 0 Å². The van der Waals surface area contributed by atoms with Crippen molar-refractivity contribution in [2.45, 2.75) is 40.0 Å². The first-order valence-corrected chi connectivity index (χ1v) is 13.0. The molecule has 7 nitrogen and oxygen atoms in total. The zero-order valence-corrected chi connectivity index (χ0v) is 22.5. The van der Waals surface area contributed by atoms with Gasteiger partial charge in [-0.15, -0.1) is 0 Å². The maximum absolute atomic E-state index is 13.5. The van der Waals surface area contributed by atoms with Crippen molar-refractivity contribution < 1.29 is 14.3 Å². The minimum absolute atomic E-state index is 0.0199. The number of para-hydroxylation sites is 1. The largest absolute Gasteiger partial charge is 0.492 e. The minimum Gasteiger partial charge on any atom is -0.492 e. The molecule has 3 aromatic rings. The number of nitrogens with zero attached hydrogens (tertiary/aromatic N) is 4. The third-order valence-corrected chi connectivity index (χ3v) is 6.67. The van der Waals surface area contributed by atoms with E-state index in [0.29, 0.717) is 46.2 Å². The number of carbonyl (C=O) groups excluding carboxylic acids is 2. The van der Waals surface area contributed by atoms with E-state index >= 15 is 0 Å². The number of benzene rings is 2. The van der Waals surface area contributed by atoms with Crippen molar-refractivity contribution in [3.63, 3.8) is 0 Å². The Morgan fingerprint density at radius 1 is 1.08 bits per heavy atom. The van der Waals surface area contributed by atoms with E-state index in [1.54, 1.807) is 29.8 Å². The standard InChI is InChI=1S/C30H29ClN4O3/c1-4-6-10-15-34-29(36)24(20(3)25(18-32)30(34)37)16-22-19-35(23-11-8-7-9-12-23)33-28(22)21-13-14-27(38-5-2)26(31)17-21/h7-9,11-14,16-17,19H,4-6,10,15H2,1-3H3/b24-16+. The Morgan fingerprint density at radius 3 is 2.50 bits per heavy atom. The highest BCUT2D eigenvalue weighted by Gasteiger charge is 2.35. The Kier molecular flexibility index (Phi) is 8.45. The van der Waals surface area contributed by atoms with Crippen LogP contribution in [-0.2, 0) is 9.59 Å². The second-order valence-corrected chi connectivity index (χ2v) is 9.34. The van der Waals surface area contributed by atoms with Crippen molar-refractivity contribution in [2.75, 3.05) is 13.2 Å². The second kappa shape index (κ2) is 11.9. The van der Waals surface area contributed by atoms with Gasteiger partial charge in [-0.3, -0.25) is 14.5 Å². The normalized spacial score (nSPS) is 14.8. The molecule has 0 radical (unpaired) electrons. The lowest BCUT2D eigenvalue weighted by molar-refractivity contribution is -0.140. The van der Waals surface area contributed by atoms with Gasteiger partial charge < -0.3 is 4.74 Å². The molecule has 2 aromatic carbocycles. The van der Waals surface area contributed by atoms with E-state index in [-0.39, 0.29) is 12.1 Å². The fourth-order valence-corrected chi connectivity index (χ4v) is 4.59. The van der Waals surface area contributed by atoms with Crippen LogP contribution >= 0.6 is 11.6 Å². The lowest BCUT2D eigenvalue weighted by Crippen LogP contribution is -2.43. The summed E-state index contributed by atoms with van der Waals surface area (Å²) < 4.78 is 7.31. The molecule has 0 fully saturated rings. The molecule has 0 bridgehead atoms. The van der Waals surface area contributed by atoms with Crippen molar-refractivity contribution in [3.8, 4) is 28.8 Å². The molecule has 38 heavy (non-hydrogen) atoms. The summed E-state index contributed by atoms with van der Waals surface area (Å²) in [5, 5.41) is 15.0. The van der Waals surface area contributed by atoms with Gasteiger partial charge in [-0.25, -0.2) is 4.68 Å². The molecular weight excluding hydrogens is 500 g/mol. The summed E-state index contributed by atoms with van der Waals surface area (Å²) in [6, 6.07) is 17.0. The van der Waals surface area contributed by atoms with E-state index in [0.717, 1.165) is 24.1 Å². The summed E-state index contributed by atoms with van der Waals surface area (Å²) in [5.74, 6) is -0.381. The van der Waals surface area contributed by atoms with Crippen molar-refractivity contribution in [3.05, 3.63) is 82.0 Å². The fraction of sp³-hybridized carbons (Fsp3) is 0.267. The molecule has 0 aliphatic carbocycles. The molecular formula is C30H29ClN4O3. The quantitative estimate of drug-likeness (QED) is 0.183. The number of imide groups is 1. The first-order chi connectivity index (χ1) is 18.4. The molecule has 1 aliphatic rings. The molecule has 0 saturated heterocycles. The number of rotatable bonds is 9. The summed E-state index contributed by atoms with van der Waals surface area (Å²) in [6.07, 6.45) is 6.05. The summed E-state index contributed by atoms with van der Waals surface area (Å²) in [7, 11) is 0. The SMILES string of the molecule is CCCCCN1C(=O)C(C#N)=C(C)/C(=C\c2cn(-c3ccccc3)nc2-c2ccc(OCC)c(Cl)c2)C1=O. The molecule has 4 rings (SSSR count). The van der Waals surface area contributed by atoms with Gasteiger partial charge in [0.25, 0.3) is 11.8 Å². The van der Waals surface area contributed by atoms with Crippen LogP contribution in [0.25, 0.3) is 23.0 Å². The van der Waals surface area contributed by atoms with Crippen LogP contribution in [0.4, 0.5) is 0 Å². The van der Waals surface area contributed by atoms with Gasteiger partial charge in [0.05, 0.1) is 17.3 Å². The highest BCUT2D eigenvalue weighted by Crippen LogP contribution is 2.34. The highest BCUT2D eigenvalue weighted by molar-refractivity contribution is 6.32. The molecule has 0 spiro atoms. The van der Waals surface area contributed by atoms with Crippen LogP contribution in [-0.4, -0.2) is 39.6 Å². The molecule has 2 amide bonds. The van der Waals surface area contributed by atoms with Gasteiger partial charge in [-0.2, -0.15) is 10.4 Å². The molecule has 8 heteroatoms. The van der Waals surface area contributed by atoms with E-state index in [9.17, 15) is 14.9 Å². The molecule has 0 saturated carbocycles. The van der Waals surface area contributed by atoms with E-state index in [4.69, 9.17) is 21.4 Å². The van der Waals surface area contributed by atoms with E-state index in [1.165, 1.54) is 4.90 Å².